The molecule has 21 aromatic rings. The monoisotopic (exact) mass is 1920 g/mol. The van der Waals surface area contributed by atoms with Gasteiger partial charge in [0.25, 0.3) is 0 Å². The number of carbonyl (C=O) groups excluding carboxylic acids is 8. The summed E-state index contributed by atoms with van der Waals surface area (Å²) in [6.45, 7) is 4.22. The third-order valence-electron chi connectivity index (χ3n) is 26.0. The van der Waals surface area contributed by atoms with E-state index in [0.717, 1.165) is 116 Å². The zero-order valence-electron chi connectivity index (χ0n) is 82.0. The van der Waals surface area contributed by atoms with Gasteiger partial charge >= 0.3 is 11.9 Å². The Labute approximate surface area is 857 Å². The summed E-state index contributed by atoms with van der Waals surface area (Å²) in [6.07, 6.45) is 2.17. The lowest BCUT2D eigenvalue weighted by molar-refractivity contribution is 0.0592. The zero-order valence-corrected chi connectivity index (χ0v) is 82.0. The number of fused-ring (bicyclic) bond motifs is 5. The zero-order chi connectivity index (χ0) is 102. The van der Waals surface area contributed by atoms with Crippen LogP contribution >= 0.6 is 0 Å². The van der Waals surface area contributed by atoms with Gasteiger partial charge in [0.05, 0.1) is 61.1 Å². The molecule has 12 heteroatoms. The van der Waals surface area contributed by atoms with E-state index >= 15 is 0 Å². The van der Waals surface area contributed by atoms with Crippen molar-refractivity contribution in [3.8, 4) is 0 Å². The fourth-order valence-corrected chi connectivity index (χ4v) is 18.5. The van der Waals surface area contributed by atoms with Gasteiger partial charge in [0.15, 0.2) is 34.7 Å². The van der Waals surface area contributed by atoms with E-state index in [4.69, 9.17) is 14.6 Å². The minimum Gasteiger partial charge on any atom is -0.465 e. The minimum atomic E-state index is -0.421. The summed E-state index contributed by atoms with van der Waals surface area (Å²) in [6, 6.07) is 165. The standard InChI is InChI=1S/C26H20O3.C24H18O.C23H17NO.C22H18O3.C21H20O.C19H16O2/c1-29-26(28)23-15-13-20-16-22(14-12-21(20)17-23)24(18-8-4-2-5-9-18)25(27)19-10-6-3-7-11-19;25-24(20-12-5-2-6-13-20)23(19-10-3-1-4-11-19)22-16-15-18-9-7-8-14-21(18)17-22;25-23(18-10-5-2-6-11-18)22(17-8-3-1-4-9-17)20-13-14-21-19(16-20)12-7-15-24-21;1-25-22(24)19-14-12-17(13-15-19)20(16-8-4-2-5-9-16)21(23)18-10-6-3-7-11-18;1-15(2)20(21(22)17-9-4-3-5-10-17)19-13-12-16-8-6-7-11-18(16)14-19;20-13-14-8-10-16(11-9-14)19(21)12-17-6-3-5-15-4-1-2-7-18(15)17/h2-17,24H,1H3;1-17,23H;1-16,22H;2-15,20H,1H3;3-15,20H,1-2H3;1-11,20H,12-13H2. The first-order valence-electron chi connectivity index (χ1n) is 49.0. The van der Waals surface area contributed by atoms with Crippen molar-refractivity contribution in [3.63, 3.8) is 0 Å². The number of aromatic nitrogens is 1. The van der Waals surface area contributed by atoms with E-state index in [0.29, 0.717) is 34.2 Å². The summed E-state index contributed by atoms with van der Waals surface area (Å²) in [5, 5.41) is 19.0. The van der Waals surface area contributed by atoms with Crippen molar-refractivity contribution in [1.82, 2.24) is 4.98 Å². The van der Waals surface area contributed by atoms with Crippen molar-refractivity contribution in [2.75, 3.05) is 14.2 Å². The molecule has 0 radical (unpaired) electrons. The highest BCUT2D eigenvalue weighted by molar-refractivity contribution is 6.08. The average Bonchev–Trinajstić information content (AvgIpc) is 0.783. The summed E-state index contributed by atoms with van der Waals surface area (Å²) >= 11 is 0. The minimum absolute atomic E-state index is 0.00219. The number of esters is 2. The molecular formula is C135H109NO11. The molecule has 0 aliphatic rings. The molecule has 5 unspecified atom stereocenters. The van der Waals surface area contributed by atoms with Gasteiger partial charge in [-0.15, -0.1) is 0 Å². The highest BCUT2D eigenvalue weighted by Gasteiger charge is 2.31. The number of carbonyl (C=O) groups is 8. The second kappa shape index (κ2) is 50.4. The molecule has 720 valence electrons. The number of methoxy groups -OCH3 is 2. The Balaban J connectivity index is 0.000000126. The number of ketones is 6. The van der Waals surface area contributed by atoms with Crippen molar-refractivity contribution in [2.45, 2.75) is 56.5 Å². The fourth-order valence-electron chi connectivity index (χ4n) is 18.5. The second-order valence-electron chi connectivity index (χ2n) is 35.9. The fraction of sp³-hybridized carbons (Fsp3) is 0.0889. The predicted molar refractivity (Wildman–Crippen MR) is 592 cm³/mol. The van der Waals surface area contributed by atoms with Crippen LogP contribution in [0.2, 0.25) is 0 Å². The number of Topliss-reactive ketones (excluding diaryl/α,β-unsaturated/α-hetero) is 6. The van der Waals surface area contributed by atoms with Crippen LogP contribution in [0.5, 0.6) is 0 Å². The molecule has 0 saturated heterocycles. The number of hydrogen-bond acceptors (Lipinski definition) is 12. The highest BCUT2D eigenvalue weighted by atomic mass is 16.5. The third kappa shape index (κ3) is 26.0. The van der Waals surface area contributed by atoms with Crippen LogP contribution in [0.25, 0.3) is 54.0 Å². The topological polar surface area (TPSA) is 188 Å². The molecule has 0 fully saturated rings. The Bertz CT molecular complexity index is 7880. The lowest BCUT2D eigenvalue weighted by Gasteiger charge is -2.21. The molecule has 0 aliphatic heterocycles. The normalized spacial score (nSPS) is 11.8. The van der Waals surface area contributed by atoms with E-state index in [1.165, 1.54) is 30.4 Å². The van der Waals surface area contributed by atoms with Crippen molar-refractivity contribution in [3.05, 3.63) is 628 Å². The van der Waals surface area contributed by atoms with E-state index in [9.17, 15) is 38.4 Å². The van der Waals surface area contributed by atoms with Crippen LogP contribution < -0.4 is 0 Å². The van der Waals surface area contributed by atoms with Gasteiger partial charge in [-0.25, -0.2) is 9.59 Å². The molecule has 147 heavy (non-hydrogen) atoms. The number of pyridine rings is 1. The molecule has 1 heterocycles. The van der Waals surface area contributed by atoms with E-state index in [-0.39, 0.29) is 70.9 Å². The number of rotatable bonds is 26. The van der Waals surface area contributed by atoms with Crippen LogP contribution in [-0.4, -0.2) is 70.9 Å². The van der Waals surface area contributed by atoms with Gasteiger partial charge in [0.1, 0.15) is 0 Å². The summed E-state index contributed by atoms with van der Waals surface area (Å²) in [5.74, 6) is -1.44. The van der Waals surface area contributed by atoms with E-state index < -0.39 is 17.8 Å². The molecule has 0 aliphatic carbocycles. The SMILES string of the molecule is CC(C)C(C(=O)c1ccccc1)c1ccc2ccccc2c1.COC(=O)c1ccc(C(C(=O)c2ccccc2)c2ccccc2)cc1.COC(=O)c1ccc2cc(C(C(=O)c3ccccc3)c3ccccc3)ccc2c1.O=C(Cc1cccc2ccccc12)c1ccc(CO)cc1.O=C(c1ccccc1)C(c1ccccc1)c1ccc2ccccc2c1.O=C(c1ccccc1)C(c1ccccc1)c1ccc2ncccc2c1. The summed E-state index contributed by atoms with van der Waals surface area (Å²) < 4.78 is 9.53. The number of benzene rings is 20. The number of hydrogen-bond donors (Lipinski definition) is 1. The van der Waals surface area contributed by atoms with Crippen molar-refractivity contribution in [1.29, 1.82) is 0 Å². The van der Waals surface area contributed by atoms with Crippen molar-refractivity contribution in [2.24, 2.45) is 5.92 Å². The highest BCUT2D eigenvalue weighted by Crippen LogP contribution is 2.38. The molecule has 1 aromatic heterocycles. The molecule has 5 atom stereocenters. The number of ether oxygens (including phenoxy) is 2. The van der Waals surface area contributed by atoms with E-state index in [1.807, 2.05) is 394 Å². The van der Waals surface area contributed by atoms with Crippen LogP contribution in [0.15, 0.2) is 522 Å². The number of aliphatic hydroxyl groups excluding tert-OH is 1. The molecule has 21 rings (SSSR count). The maximum absolute atomic E-state index is 13.4. The molecule has 12 nitrogen and oxygen atoms in total. The first-order valence-corrected chi connectivity index (χ1v) is 49.0. The first-order chi connectivity index (χ1) is 72.0. The summed E-state index contributed by atoms with van der Waals surface area (Å²) in [5.41, 5.74) is 16.8. The molecule has 0 spiro atoms. The van der Waals surface area contributed by atoms with Crippen molar-refractivity contribution >= 4 is 101 Å². The largest absolute Gasteiger partial charge is 0.465 e. The second-order valence-corrected chi connectivity index (χ2v) is 35.9. The first kappa shape index (κ1) is 102. The Morgan fingerprint density at radius 2 is 0.531 bits per heavy atom. The Hall–Kier alpha value is -18.2. The Morgan fingerprint density at radius 1 is 0.238 bits per heavy atom. The van der Waals surface area contributed by atoms with Gasteiger partial charge in [-0.3, -0.25) is 33.8 Å². The van der Waals surface area contributed by atoms with Crippen LogP contribution in [0.1, 0.15) is 187 Å². The van der Waals surface area contributed by atoms with Crippen LogP contribution in [0.3, 0.4) is 0 Å². The molecule has 0 saturated carbocycles. The smallest absolute Gasteiger partial charge is 0.337 e. The Kier molecular flexibility index (Phi) is 34.9. The van der Waals surface area contributed by atoms with E-state index in [2.05, 4.69) is 97.7 Å². The van der Waals surface area contributed by atoms with Crippen LogP contribution in [-0.2, 0) is 22.5 Å². The molecule has 0 amide bonds. The van der Waals surface area contributed by atoms with Gasteiger partial charge in [0.2, 0.25) is 0 Å². The van der Waals surface area contributed by atoms with Gasteiger partial charge in [-0.05, 0) is 153 Å². The number of nitrogens with zero attached hydrogens (tertiary/aromatic N) is 1. The van der Waals surface area contributed by atoms with Crippen LogP contribution in [0.4, 0.5) is 0 Å². The summed E-state index contributed by atoms with van der Waals surface area (Å²) in [4.78, 5) is 106. The lowest BCUT2D eigenvalue weighted by Crippen LogP contribution is -2.18. The third-order valence-corrected chi connectivity index (χ3v) is 26.0. The number of aliphatic hydroxyl groups is 1. The quantitative estimate of drug-likeness (QED) is 0.0400. The van der Waals surface area contributed by atoms with Crippen LogP contribution in [0, 0.1) is 5.92 Å². The maximum atomic E-state index is 13.4. The molecule has 20 aromatic carbocycles. The Morgan fingerprint density at radius 3 is 0.952 bits per heavy atom. The average molecular weight is 1920 g/mol. The van der Waals surface area contributed by atoms with Gasteiger partial charge in [-0.2, -0.15) is 0 Å². The van der Waals surface area contributed by atoms with Gasteiger partial charge in [-0.1, -0.05) is 487 Å². The van der Waals surface area contributed by atoms with Gasteiger partial charge in [0, 0.05) is 57.3 Å². The predicted octanol–water partition coefficient (Wildman–Crippen LogP) is 30.5. The maximum Gasteiger partial charge on any atom is 0.337 e. The lowest BCUT2D eigenvalue weighted by atomic mass is 9.82. The molecule has 0 bridgehead atoms. The molecular weight excluding hydrogens is 1810 g/mol. The molecule has 1 N–H and O–H groups in total. The van der Waals surface area contributed by atoms with Crippen molar-refractivity contribution < 1.29 is 52.9 Å². The van der Waals surface area contributed by atoms with E-state index in [1.54, 1.807) is 48.7 Å². The van der Waals surface area contributed by atoms with Gasteiger partial charge < -0.3 is 14.6 Å². The summed E-state index contributed by atoms with van der Waals surface area (Å²) in [7, 11) is 2.72.